The van der Waals surface area contributed by atoms with E-state index in [1.54, 1.807) is 6.07 Å². The quantitative estimate of drug-likeness (QED) is 0.673. The summed E-state index contributed by atoms with van der Waals surface area (Å²) in [6.07, 6.45) is 0. The zero-order chi connectivity index (χ0) is 17.5. The molecular weight excluding hydrogens is 312 g/mol. The molecule has 2 amide bonds. The van der Waals surface area contributed by atoms with E-state index in [1.807, 2.05) is 79.7 Å². The summed E-state index contributed by atoms with van der Waals surface area (Å²) in [6.45, 7) is 2.49. The van der Waals surface area contributed by atoms with E-state index in [0.717, 1.165) is 16.8 Å². The third-order valence-electron chi connectivity index (χ3n) is 3.65. The maximum absolute atomic E-state index is 12.1. The van der Waals surface area contributed by atoms with Crippen molar-refractivity contribution in [2.75, 3.05) is 10.6 Å². The number of urea groups is 1. The van der Waals surface area contributed by atoms with Crippen LogP contribution >= 0.6 is 0 Å². The summed E-state index contributed by atoms with van der Waals surface area (Å²) in [5, 5.41) is 5.62. The van der Waals surface area contributed by atoms with Gasteiger partial charge in [0.25, 0.3) is 0 Å². The highest BCUT2D eigenvalue weighted by molar-refractivity contribution is 5.99. The number of nitrogens with one attached hydrogen (secondary N) is 2. The molecule has 0 aromatic heterocycles. The summed E-state index contributed by atoms with van der Waals surface area (Å²) in [6, 6.07) is 24.6. The van der Waals surface area contributed by atoms with Crippen molar-refractivity contribution >= 4 is 17.4 Å². The van der Waals surface area contributed by atoms with Crippen LogP contribution in [0.1, 0.15) is 11.1 Å². The van der Waals surface area contributed by atoms with E-state index in [-0.39, 0.29) is 6.03 Å². The number of ether oxygens (including phenoxy) is 1. The van der Waals surface area contributed by atoms with Crippen molar-refractivity contribution < 1.29 is 9.53 Å². The molecule has 0 radical (unpaired) electrons. The molecule has 4 heteroatoms. The van der Waals surface area contributed by atoms with Gasteiger partial charge in [-0.15, -0.1) is 0 Å². The third kappa shape index (κ3) is 5.11. The largest absolute Gasteiger partial charge is 0.489 e. The second-order valence-corrected chi connectivity index (χ2v) is 5.75. The van der Waals surface area contributed by atoms with Crippen LogP contribution in [-0.4, -0.2) is 6.03 Å². The fraction of sp³-hybridized carbons (Fsp3) is 0.0952. The van der Waals surface area contributed by atoms with Gasteiger partial charge in [0.05, 0.1) is 0 Å². The first-order chi connectivity index (χ1) is 12.2. The summed E-state index contributed by atoms with van der Waals surface area (Å²) in [5.74, 6) is 0.706. The van der Waals surface area contributed by atoms with Crippen molar-refractivity contribution in [1.82, 2.24) is 0 Å². The summed E-state index contributed by atoms with van der Waals surface area (Å²) in [5.41, 5.74) is 3.67. The number of carbonyl (C=O) groups is 1. The van der Waals surface area contributed by atoms with Gasteiger partial charge in [0.15, 0.2) is 0 Å². The molecule has 0 heterocycles. The SMILES string of the molecule is Cc1ccc(NC(=O)Nc2cccc(OCc3ccccc3)c2)cc1. The number of anilines is 2. The fourth-order valence-electron chi connectivity index (χ4n) is 2.33. The normalized spacial score (nSPS) is 10.1. The van der Waals surface area contributed by atoms with Crippen molar-refractivity contribution in [3.05, 3.63) is 90.0 Å². The first-order valence-corrected chi connectivity index (χ1v) is 8.10. The lowest BCUT2D eigenvalue weighted by Gasteiger charge is -2.10. The maximum Gasteiger partial charge on any atom is 0.323 e. The van der Waals surface area contributed by atoms with E-state index in [9.17, 15) is 4.79 Å². The second kappa shape index (κ2) is 8.02. The molecule has 0 spiro atoms. The summed E-state index contributed by atoms with van der Waals surface area (Å²) in [7, 11) is 0. The fourth-order valence-corrected chi connectivity index (χ4v) is 2.33. The Morgan fingerprint density at radius 1 is 0.840 bits per heavy atom. The zero-order valence-electron chi connectivity index (χ0n) is 14.0. The van der Waals surface area contributed by atoms with Crippen LogP contribution in [0.15, 0.2) is 78.9 Å². The van der Waals surface area contributed by atoms with Gasteiger partial charge in [0.1, 0.15) is 12.4 Å². The van der Waals surface area contributed by atoms with Crippen LogP contribution < -0.4 is 15.4 Å². The summed E-state index contributed by atoms with van der Waals surface area (Å²) < 4.78 is 5.77. The summed E-state index contributed by atoms with van der Waals surface area (Å²) >= 11 is 0. The second-order valence-electron chi connectivity index (χ2n) is 5.75. The highest BCUT2D eigenvalue weighted by Gasteiger charge is 2.04. The number of hydrogen-bond donors (Lipinski definition) is 2. The minimum Gasteiger partial charge on any atom is -0.489 e. The molecule has 3 rings (SSSR count). The van der Waals surface area contributed by atoms with Crippen LogP contribution in [-0.2, 0) is 6.61 Å². The molecule has 126 valence electrons. The number of hydrogen-bond acceptors (Lipinski definition) is 2. The molecule has 0 aliphatic heterocycles. The number of rotatable bonds is 5. The highest BCUT2D eigenvalue weighted by atomic mass is 16.5. The van der Waals surface area contributed by atoms with Crippen LogP contribution in [0.5, 0.6) is 5.75 Å². The first kappa shape index (κ1) is 16.6. The number of carbonyl (C=O) groups excluding carboxylic acids is 1. The van der Waals surface area contributed by atoms with E-state index in [1.165, 1.54) is 0 Å². The standard InChI is InChI=1S/C21H20N2O2/c1-16-10-12-18(13-11-16)22-21(24)23-19-8-5-9-20(14-19)25-15-17-6-3-2-4-7-17/h2-14H,15H2,1H3,(H2,22,23,24). The molecule has 25 heavy (non-hydrogen) atoms. The number of aryl methyl sites for hydroxylation is 1. The number of benzene rings is 3. The Bertz CT molecular complexity index is 830. The van der Waals surface area contributed by atoms with Crippen LogP contribution in [0.2, 0.25) is 0 Å². The van der Waals surface area contributed by atoms with Gasteiger partial charge in [-0.2, -0.15) is 0 Å². The molecule has 0 unspecified atom stereocenters. The lowest BCUT2D eigenvalue weighted by atomic mass is 10.2. The van der Waals surface area contributed by atoms with Gasteiger partial charge in [0, 0.05) is 17.4 Å². The zero-order valence-corrected chi connectivity index (χ0v) is 14.0. The Balaban J connectivity index is 1.57. The Labute approximate surface area is 147 Å². The minimum atomic E-state index is -0.288. The molecular formula is C21H20N2O2. The number of amides is 2. The smallest absolute Gasteiger partial charge is 0.323 e. The van der Waals surface area contributed by atoms with Crippen molar-refractivity contribution in [2.24, 2.45) is 0 Å². The van der Waals surface area contributed by atoms with Gasteiger partial charge in [0.2, 0.25) is 0 Å². The van der Waals surface area contributed by atoms with Crippen LogP contribution in [0, 0.1) is 6.92 Å². The monoisotopic (exact) mass is 332 g/mol. The topological polar surface area (TPSA) is 50.4 Å². The molecule has 0 saturated heterocycles. The maximum atomic E-state index is 12.1. The average Bonchev–Trinajstić information content (AvgIpc) is 2.63. The molecule has 0 aliphatic rings. The van der Waals surface area contributed by atoms with Crippen LogP contribution in [0.25, 0.3) is 0 Å². The average molecular weight is 332 g/mol. The molecule has 0 bridgehead atoms. The molecule has 0 fully saturated rings. The van der Waals surface area contributed by atoms with E-state index in [4.69, 9.17) is 4.74 Å². The Kier molecular flexibility index (Phi) is 5.32. The van der Waals surface area contributed by atoms with Crippen molar-refractivity contribution in [2.45, 2.75) is 13.5 Å². The first-order valence-electron chi connectivity index (χ1n) is 8.10. The summed E-state index contributed by atoms with van der Waals surface area (Å²) in [4.78, 5) is 12.1. The highest BCUT2D eigenvalue weighted by Crippen LogP contribution is 2.19. The van der Waals surface area contributed by atoms with Crippen LogP contribution in [0.3, 0.4) is 0 Å². The molecule has 0 aliphatic carbocycles. The van der Waals surface area contributed by atoms with Gasteiger partial charge in [-0.05, 0) is 36.8 Å². The van der Waals surface area contributed by atoms with E-state index < -0.39 is 0 Å². The minimum absolute atomic E-state index is 0.288. The lowest BCUT2D eigenvalue weighted by Crippen LogP contribution is -2.19. The molecule has 0 saturated carbocycles. The van der Waals surface area contributed by atoms with Gasteiger partial charge in [-0.1, -0.05) is 54.1 Å². The Morgan fingerprint density at radius 3 is 2.32 bits per heavy atom. The van der Waals surface area contributed by atoms with Crippen molar-refractivity contribution in [3.8, 4) is 5.75 Å². The van der Waals surface area contributed by atoms with Crippen molar-refractivity contribution in [3.63, 3.8) is 0 Å². The Morgan fingerprint density at radius 2 is 1.56 bits per heavy atom. The lowest BCUT2D eigenvalue weighted by molar-refractivity contribution is 0.262. The van der Waals surface area contributed by atoms with E-state index >= 15 is 0 Å². The molecule has 0 atom stereocenters. The third-order valence-corrected chi connectivity index (χ3v) is 3.65. The van der Waals surface area contributed by atoms with Gasteiger partial charge >= 0.3 is 6.03 Å². The van der Waals surface area contributed by atoms with Gasteiger partial charge in [-0.3, -0.25) is 0 Å². The predicted molar refractivity (Wildman–Crippen MR) is 101 cm³/mol. The van der Waals surface area contributed by atoms with Gasteiger partial charge < -0.3 is 15.4 Å². The Hall–Kier alpha value is -3.27. The molecule has 3 aromatic carbocycles. The van der Waals surface area contributed by atoms with Crippen LogP contribution in [0.4, 0.5) is 16.2 Å². The molecule has 2 N–H and O–H groups in total. The molecule has 3 aromatic rings. The van der Waals surface area contributed by atoms with Crippen molar-refractivity contribution in [1.29, 1.82) is 0 Å². The predicted octanol–water partition coefficient (Wildman–Crippen LogP) is 5.22. The van der Waals surface area contributed by atoms with E-state index in [2.05, 4.69) is 10.6 Å². The molecule has 4 nitrogen and oxygen atoms in total. The van der Waals surface area contributed by atoms with Gasteiger partial charge in [-0.25, -0.2) is 4.79 Å². The van der Waals surface area contributed by atoms with E-state index in [0.29, 0.717) is 18.0 Å².